The molecule has 3 N–H and O–H groups in total. The molecule has 0 unspecified atom stereocenters. The zero-order valence-electron chi connectivity index (χ0n) is 14.2. The molecule has 0 aliphatic carbocycles. The summed E-state index contributed by atoms with van der Waals surface area (Å²) in [5, 5.41) is 9.63. The molecule has 0 atom stereocenters. The predicted molar refractivity (Wildman–Crippen MR) is 95.2 cm³/mol. The summed E-state index contributed by atoms with van der Waals surface area (Å²) in [5.74, 6) is -0.547. The summed E-state index contributed by atoms with van der Waals surface area (Å²) < 4.78 is 5.46. The third kappa shape index (κ3) is 3.78. The molecule has 2 aromatic rings. The standard InChI is InChI=1S/C18H22N4O3/c1-25-18(7-10-19-11-8-18)17(24)21-12-15(23)22-14-6-2-4-13-5-3-9-20-16(13)14/h2-6,9,19H,7-8,10-12H2,1H3,(H,21,24)(H,22,23). The second-order valence-electron chi connectivity index (χ2n) is 6.06. The number of carbonyl (C=O) groups excluding carboxylic acids is 2. The van der Waals surface area contributed by atoms with Crippen LogP contribution in [0.25, 0.3) is 10.9 Å². The Labute approximate surface area is 146 Å². The van der Waals surface area contributed by atoms with E-state index in [2.05, 4.69) is 20.9 Å². The molecule has 2 amide bonds. The second-order valence-corrected chi connectivity index (χ2v) is 6.06. The minimum absolute atomic E-state index is 0.111. The number of carbonyl (C=O) groups is 2. The third-order valence-corrected chi connectivity index (χ3v) is 4.53. The van der Waals surface area contributed by atoms with Gasteiger partial charge < -0.3 is 20.7 Å². The largest absolute Gasteiger partial charge is 0.368 e. The summed E-state index contributed by atoms with van der Waals surface area (Å²) in [5.41, 5.74) is 0.490. The van der Waals surface area contributed by atoms with Crippen LogP contribution in [0.5, 0.6) is 0 Å². The Balaban J connectivity index is 1.62. The molecule has 1 aromatic carbocycles. The minimum Gasteiger partial charge on any atom is -0.368 e. The molecule has 0 radical (unpaired) electrons. The number of benzene rings is 1. The molecule has 0 bridgehead atoms. The monoisotopic (exact) mass is 342 g/mol. The molecule has 7 nitrogen and oxygen atoms in total. The quantitative estimate of drug-likeness (QED) is 0.756. The van der Waals surface area contributed by atoms with Crippen LogP contribution >= 0.6 is 0 Å². The Kier molecular flexibility index (Phi) is 5.25. The highest BCUT2D eigenvalue weighted by Gasteiger charge is 2.39. The Morgan fingerprint density at radius 1 is 1.24 bits per heavy atom. The van der Waals surface area contributed by atoms with E-state index in [4.69, 9.17) is 4.74 Å². The van der Waals surface area contributed by atoms with Crippen molar-refractivity contribution < 1.29 is 14.3 Å². The van der Waals surface area contributed by atoms with Crippen LogP contribution in [-0.2, 0) is 14.3 Å². The van der Waals surface area contributed by atoms with Crippen molar-refractivity contribution in [1.29, 1.82) is 0 Å². The number of amides is 2. The molecule has 0 saturated carbocycles. The first-order valence-corrected chi connectivity index (χ1v) is 8.32. The number of nitrogens with one attached hydrogen (secondary N) is 3. The second kappa shape index (κ2) is 7.58. The summed E-state index contributed by atoms with van der Waals surface area (Å²) in [6.45, 7) is 1.32. The Morgan fingerprint density at radius 3 is 2.76 bits per heavy atom. The number of methoxy groups -OCH3 is 1. The van der Waals surface area contributed by atoms with E-state index in [0.29, 0.717) is 18.5 Å². The topological polar surface area (TPSA) is 92.3 Å². The zero-order chi connectivity index (χ0) is 17.7. The van der Waals surface area contributed by atoms with Crippen LogP contribution in [0, 0.1) is 0 Å². The first-order chi connectivity index (χ1) is 12.1. The predicted octanol–water partition coefficient (Wildman–Crippen LogP) is 1.06. The molecule has 7 heteroatoms. The van der Waals surface area contributed by atoms with Crippen molar-refractivity contribution in [2.45, 2.75) is 18.4 Å². The maximum atomic E-state index is 12.5. The van der Waals surface area contributed by atoms with E-state index >= 15 is 0 Å². The molecule has 1 aliphatic heterocycles. The van der Waals surface area contributed by atoms with Crippen LogP contribution in [0.15, 0.2) is 36.5 Å². The molecular formula is C18H22N4O3. The number of ether oxygens (including phenoxy) is 1. The highest BCUT2D eigenvalue weighted by molar-refractivity contribution is 6.02. The number of hydrogen-bond acceptors (Lipinski definition) is 5. The highest BCUT2D eigenvalue weighted by Crippen LogP contribution is 2.23. The minimum atomic E-state index is -0.855. The van der Waals surface area contributed by atoms with Crippen molar-refractivity contribution >= 4 is 28.4 Å². The van der Waals surface area contributed by atoms with Gasteiger partial charge in [0.05, 0.1) is 17.7 Å². The maximum Gasteiger partial charge on any atom is 0.252 e. The van der Waals surface area contributed by atoms with Crippen molar-refractivity contribution in [3.63, 3.8) is 0 Å². The van der Waals surface area contributed by atoms with Crippen molar-refractivity contribution in [3.8, 4) is 0 Å². The van der Waals surface area contributed by atoms with Crippen LogP contribution in [0.3, 0.4) is 0 Å². The first-order valence-electron chi connectivity index (χ1n) is 8.32. The maximum absolute atomic E-state index is 12.5. The van der Waals surface area contributed by atoms with Gasteiger partial charge in [-0.1, -0.05) is 18.2 Å². The fraction of sp³-hybridized carbons (Fsp3) is 0.389. The van der Waals surface area contributed by atoms with Gasteiger partial charge in [-0.05, 0) is 38.1 Å². The van der Waals surface area contributed by atoms with Gasteiger partial charge in [0, 0.05) is 18.7 Å². The molecule has 25 heavy (non-hydrogen) atoms. The van der Waals surface area contributed by atoms with Crippen LogP contribution in [0.1, 0.15) is 12.8 Å². The van der Waals surface area contributed by atoms with Crippen molar-refractivity contribution in [1.82, 2.24) is 15.6 Å². The van der Waals surface area contributed by atoms with Gasteiger partial charge in [0.2, 0.25) is 5.91 Å². The van der Waals surface area contributed by atoms with E-state index < -0.39 is 5.60 Å². The molecule has 2 heterocycles. The van der Waals surface area contributed by atoms with Gasteiger partial charge in [-0.15, -0.1) is 0 Å². The van der Waals surface area contributed by atoms with E-state index in [1.165, 1.54) is 7.11 Å². The van der Waals surface area contributed by atoms with Crippen molar-refractivity contribution in [2.75, 3.05) is 32.1 Å². The lowest BCUT2D eigenvalue weighted by Gasteiger charge is -2.34. The number of hydrogen-bond donors (Lipinski definition) is 3. The number of rotatable bonds is 5. The van der Waals surface area contributed by atoms with Crippen LogP contribution in [0.2, 0.25) is 0 Å². The summed E-state index contributed by atoms with van der Waals surface area (Å²) >= 11 is 0. The van der Waals surface area contributed by atoms with E-state index in [0.717, 1.165) is 24.0 Å². The zero-order valence-corrected chi connectivity index (χ0v) is 14.2. The number of pyridine rings is 1. The third-order valence-electron chi connectivity index (χ3n) is 4.53. The molecule has 3 rings (SSSR count). The van der Waals surface area contributed by atoms with Gasteiger partial charge in [-0.3, -0.25) is 14.6 Å². The number of nitrogens with zero attached hydrogens (tertiary/aromatic N) is 1. The summed E-state index contributed by atoms with van der Waals surface area (Å²) in [7, 11) is 1.53. The van der Waals surface area contributed by atoms with Crippen molar-refractivity contribution in [3.05, 3.63) is 36.5 Å². The summed E-state index contributed by atoms with van der Waals surface area (Å²) in [6, 6.07) is 9.35. The van der Waals surface area contributed by atoms with Crippen LogP contribution < -0.4 is 16.0 Å². The van der Waals surface area contributed by atoms with Crippen LogP contribution in [0.4, 0.5) is 5.69 Å². The first kappa shape index (κ1) is 17.3. The van der Waals surface area contributed by atoms with E-state index in [1.54, 1.807) is 12.3 Å². The number of fused-ring (bicyclic) bond motifs is 1. The average Bonchev–Trinajstić information content (AvgIpc) is 2.67. The summed E-state index contributed by atoms with van der Waals surface area (Å²) in [6.07, 6.45) is 2.85. The fourth-order valence-electron chi connectivity index (χ4n) is 3.08. The van der Waals surface area contributed by atoms with E-state index in [-0.39, 0.29) is 18.4 Å². The molecule has 132 valence electrons. The normalized spacial score (nSPS) is 16.4. The van der Waals surface area contributed by atoms with Gasteiger partial charge in [0.1, 0.15) is 5.60 Å². The number of anilines is 1. The average molecular weight is 342 g/mol. The lowest BCUT2D eigenvalue weighted by molar-refractivity contribution is -0.147. The smallest absolute Gasteiger partial charge is 0.252 e. The molecule has 0 spiro atoms. The highest BCUT2D eigenvalue weighted by atomic mass is 16.5. The van der Waals surface area contributed by atoms with Gasteiger partial charge >= 0.3 is 0 Å². The molecule has 1 saturated heterocycles. The lowest BCUT2D eigenvalue weighted by atomic mass is 9.91. The summed E-state index contributed by atoms with van der Waals surface area (Å²) in [4.78, 5) is 29.0. The SMILES string of the molecule is COC1(C(=O)NCC(=O)Nc2cccc3cccnc23)CCNCC1. The van der Waals surface area contributed by atoms with Gasteiger partial charge in [0.15, 0.2) is 0 Å². The number of para-hydroxylation sites is 1. The molecule has 1 aliphatic rings. The van der Waals surface area contributed by atoms with E-state index in [9.17, 15) is 9.59 Å². The molecular weight excluding hydrogens is 320 g/mol. The molecule has 1 fully saturated rings. The number of piperidine rings is 1. The van der Waals surface area contributed by atoms with Gasteiger partial charge in [0.25, 0.3) is 5.91 Å². The van der Waals surface area contributed by atoms with E-state index in [1.807, 2.05) is 24.3 Å². The van der Waals surface area contributed by atoms with Crippen molar-refractivity contribution in [2.24, 2.45) is 0 Å². The van der Waals surface area contributed by atoms with Gasteiger partial charge in [-0.2, -0.15) is 0 Å². The fourth-order valence-corrected chi connectivity index (χ4v) is 3.08. The Hall–Kier alpha value is -2.51. The van der Waals surface area contributed by atoms with Crippen LogP contribution in [-0.4, -0.2) is 49.1 Å². The number of aromatic nitrogens is 1. The molecule has 1 aromatic heterocycles. The lowest BCUT2D eigenvalue weighted by Crippen LogP contribution is -2.55. The Bertz CT molecular complexity index is 767. The van der Waals surface area contributed by atoms with Gasteiger partial charge in [-0.25, -0.2) is 0 Å². The Morgan fingerprint density at radius 2 is 2.00 bits per heavy atom.